The molecule has 106 valence electrons. The summed E-state index contributed by atoms with van der Waals surface area (Å²) in [6.45, 7) is 3.72. The van der Waals surface area contributed by atoms with Crippen LogP contribution in [0.2, 0.25) is 5.02 Å². The minimum Gasteiger partial charge on any atom is -0.377 e. The summed E-state index contributed by atoms with van der Waals surface area (Å²) in [6, 6.07) is 8.42. The number of rotatable bonds is 7. The molecule has 0 aromatic heterocycles. The second-order valence-electron chi connectivity index (χ2n) is 4.87. The summed E-state index contributed by atoms with van der Waals surface area (Å²) in [6.07, 6.45) is 2.48. The van der Waals surface area contributed by atoms with Crippen LogP contribution in [0, 0.1) is 0 Å². The average Bonchev–Trinajstić information content (AvgIpc) is 2.39. The van der Waals surface area contributed by atoms with Gasteiger partial charge in [-0.1, -0.05) is 23.7 Å². The molecule has 3 nitrogen and oxygen atoms in total. The van der Waals surface area contributed by atoms with Crippen LogP contribution in [0.25, 0.3) is 0 Å². The molecule has 0 aliphatic heterocycles. The Morgan fingerprint density at radius 3 is 2.68 bits per heavy atom. The van der Waals surface area contributed by atoms with Gasteiger partial charge in [0.15, 0.2) is 0 Å². The Hall–Kier alpha value is -0.610. The summed E-state index contributed by atoms with van der Waals surface area (Å²) >= 11 is 5.87. The van der Waals surface area contributed by atoms with Crippen molar-refractivity contribution in [2.24, 2.45) is 0 Å². The Morgan fingerprint density at radius 1 is 1.32 bits per heavy atom. The molecule has 0 spiro atoms. The molecule has 0 heterocycles. The van der Waals surface area contributed by atoms with Gasteiger partial charge < -0.3 is 14.8 Å². The number of ether oxygens (including phenoxy) is 2. The first-order valence-electron chi connectivity index (χ1n) is 6.86. The molecule has 0 bridgehead atoms. The third-order valence-electron chi connectivity index (χ3n) is 3.64. The van der Waals surface area contributed by atoms with E-state index in [9.17, 15) is 0 Å². The molecular weight excluding hydrogens is 262 g/mol. The first-order chi connectivity index (χ1) is 9.24. The average molecular weight is 284 g/mol. The molecule has 1 saturated carbocycles. The van der Waals surface area contributed by atoms with E-state index in [0.29, 0.717) is 6.04 Å². The number of methoxy groups -OCH3 is 1. The quantitative estimate of drug-likeness (QED) is 0.835. The van der Waals surface area contributed by atoms with E-state index in [-0.39, 0.29) is 12.2 Å². The summed E-state index contributed by atoms with van der Waals surface area (Å²) < 4.78 is 11.1. The molecule has 1 aromatic carbocycles. The Kier molecular flexibility index (Phi) is 5.64. The van der Waals surface area contributed by atoms with Gasteiger partial charge in [0.05, 0.1) is 12.2 Å². The lowest BCUT2D eigenvalue weighted by Crippen LogP contribution is -2.60. The molecule has 19 heavy (non-hydrogen) atoms. The van der Waals surface area contributed by atoms with E-state index >= 15 is 0 Å². The SMILES string of the molecule is CCOC1CC(NCCc2ccc(Cl)cc2)C1OC. The van der Waals surface area contributed by atoms with Gasteiger partial charge in [-0.05, 0) is 44.0 Å². The van der Waals surface area contributed by atoms with Crippen molar-refractivity contribution in [3.05, 3.63) is 34.9 Å². The van der Waals surface area contributed by atoms with Crippen LogP contribution < -0.4 is 5.32 Å². The smallest absolute Gasteiger partial charge is 0.0986 e. The maximum Gasteiger partial charge on any atom is 0.0986 e. The van der Waals surface area contributed by atoms with Crippen molar-refractivity contribution in [2.45, 2.75) is 38.0 Å². The van der Waals surface area contributed by atoms with Crippen molar-refractivity contribution in [3.8, 4) is 0 Å². The molecule has 1 N–H and O–H groups in total. The fourth-order valence-corrected chi connectivity index (χ4v) is 2.65. The van der Waals surface area contributed by atoms with Gasteiger partial charge in [0.1, 0.15) is 0 Å². The molecule has 4 heteroatoms. The van der Waals surface area contributed by atoms with Gasteiger partial charge in [-0.15, -0.1) is 0 Å². The van der Waals surface area contributed by atoms with Crippen LogP contribution in [0.4, 0.5) is 0 Å². The molecule has 3 unspecified atom stereocenters. The van der Waals surface area contributed by atoms with Gasteiger partial charge in [-0.2, -0.15) is 0 Å². The Bertz CT molecular complexity index is 382. The van der Waals surface area contributed by atoms with Crippen molar-refractivity contribution in [1.82, 2.24) is 5.32 Å². The number of hydrogen-bond acceptors (Lipinski definition) is 3. The van der Waals surface area contributed by atoms with Crippen molar-refractivity contribution >= 4 is 11.6 Å². The van der Waals surface area contributed by atoms with Gasteiger partial charge in [0, 0.05) is 24.8 Å². The zero-order valence-corrected chi connectivity index (χ0v) is 12.3. The van der Waals surface area contributed by atoms with Gasteiger partial charge in [-0.25, -0.2) is 0 Å². The zero-order valence-electron chi connectivity index (χ0n) is 11.6. The van der Waals surface area contributed by atoms with Gasteiger partial charge >= 0.3 is 0 Å². The highest BCUT2D eigenvalue weighted by Gasteiger charge is 2.41. The molecule has 1 aromatic rings. The summed E-state index contributed by atoms with van der Waals surface area (Å²) in [5.41, 5.74) is 1.30. The standard InChI is InChI=1S/C15H22ClNO2/c1-3-19-14-10-13(15(14)18-2)17-9-8-11-4-6-12(16)7-5-11/h4-7,13-15,17H,3,8-10H2,1-2H3. The molecule has 0 radical (unpaired) electrons. The Balaban J connectivity index is 1.70. The van der Waals surface area contributed by atoms with Crippen LogP contribution in [-0.4, -0.2) is 38.5 Å². The van der Waals surface area contributed by atoms with Crippen molar-refractivity contribution in [2.75, 3.05) is 20.3 Å². The molecule has 3 atom stereocenters. The lowest BCUT2D eigenvalue weighted by Gasteiger charge is -2.43. The highest BCUT2D eigenvalue weighted by Crippen LogP contribution is 2.26. The van der Waals surface area contributed by atoms with E-state index in [2.05, 4.69) is 17.4 Å². The molecule has 1 aliphatic rings. The summed E-state index contributed by atoms with van der Waals surface area (Å²) in [4.78, 5) is 0. The highest BCUT2D eigenvalue weighted by molar-refractivity contribution is 6.30. The second-order valence-corrected chi connectivity index (χ2v) is 5.30. The Morgan fingerprint density at radius 2 is 2.05 bits per heavy atom. The molecular formula is C15H22ClNO2. The number of hydrogen-bond donors (Lipinski definition) is 1. The van der Waals surface area contributed by atoms with Crippen molar-refractivity contribution in [3.63, 3.8) is 0 Å². The molecule has 0 saturated heterocycles. The second kappa shape index (κ2) is 7.25. The maximum atomic E-state index is 5.87. The third-order valence-corrected chi connectivity index (χ3v) is 3.89. The van der Waals surface area contributed by atoms with Crippen LogP contribution in [0.3, 0.4) is 0 Å². The van der Waals surface area contributed by atoms with E-state index in [0.717, 1.165) is 31.0 Å². The van der Waals surface area contributed by atoms with Crippen molar-refractivity contribution < 1.29 is 9.47 Å². The monoisotopic (exact) mass is 283 g/mol. The molecule has 0 amide bonds. The predicted molar refractivity (Wildman–Crippen MR) is 77.8 cm³/mol. The largest absolute Gasteiger partial charge is 0.377 e. The summed E-state index contributed by atoms with van der Waals surface area (Å²) in [7, 11) is 1.75. The van der Waals surface area contributed by atoms with Crippen LogP contribution in [0.5, 0.6) is 0 Å². The van der Waals surface area contributed by atoms with Gasteiger partial charge in [0.25, 0.3) is 0 Å². The summed E-state index contributed by atoms with van der Waals surface area (Å²) in [5, 5.41) is 4.32. The molecule has 1 aliphatic carbocycles. The third kappa shape index (κ3) is 3.93. The topological polar surface area (TPSA) is 30.5 Å². The zero-order chi connectivity index (χ0) is 13.7. The minimum absolute atomic E-state index is 0.185. The van der Waals surface area contributed by atoms with Gasteiger partial charge in [-0.3, -0.25) is 0 Å². The van der Waals surface area contributed by atoms with Gasteiger partial charge in [0.2, 0.25) is 0 Å². The lowest BCUT2D eigenvalue weighted by molar-refractivity contribution is -0.131. The lowest BCUT2D eigenvalue weighted by atomic mass is 9.85. The fourth-order valence-electron chi connectivity index (χ4n) is 2.53. The van der Waals surface area contributed by atoms with Crippen LogP contribution in [0.1, 0.15) is 18.9 Å². The van der Waals surface area contributed by atoms with Crippen LogP contribution in [0.15, 0.2) is 24.3 Å². The molecule has 2 rings (SSSR count). The maximum absolute atomic E-state index is 5.87. The summed E-state index contributed by atoms with van der Waals surface area (Å²) in [5.74, 6) is 0. The van der Waals surface area contributed by atoms with Crippen LogP contribution >= 0.6 is 11.6 Å². The molecule has 1 fully saturated rings. The minimum atomic E-state index is 0.185. The number of nitrogens with one attached hydrogen (secondary N) is 1. The number of benzene rings is 1. The van der Waals surface area contributed by atoms with E-state index in [1.54, 1.807) is 7.11 Å². The first-order valence-corrected chi connectivity index (χ1v) is 7.24. The predicted octanol–water partition coefficient (Wildman–Crippen LogP) is 2.66. The normalized spacial score (nSPS) is 26.2. The van der Waals surface area contributed by atoms with E-state index in [1.807, 2.05) is 19.1 Å². The first kappa shape index (κ1) is 14.8. The number of halogens is 1. The Labute approximate surface area is 120 Å². The highest BCUT2D eigenvalue weighted by atomic mass is 35.5. The van der Waals surface area contributed by atoms with E-state index in [4.69, 9.17) is 21.1 Å². The van der Waals surface area contributed by atoms with E-state index in [1.165, 1.54) is 5.56 Å². The van der Waals surface area contributed by atoms with Crippen LogP contribution in [-0.2, 0) is 15.9 Å². The van der Waals surface area contributed by atoms with Crippen molar-refractivity contribution in [1.29, 1.82) is 0 Å². The fraction of sp³-hybridized carbons (Fsp3) is 0.600. The van der Waals surface area contributed by atoms with E-state index < -0.39 is 0 Å².